The normalized spacial score (nSPS) is 19.9. The molecule has 2 aliphatic rings. The maximum Gasteiger partial charge on any atom is 0.295 e. The fourth-order valence-electron chi connectivity index (χ4n) is 5.14. The molecule has 2 aromatic carbocycles. The molecular weight excluding hydrogens is 480 g/mol. The number of aliphatic hydroxyl groups is 1. The summed E-state index contributed by atoms with van der Waals surface area (Å²) >= 11 is 0. The van der Waals surface area contributed by atoms with Gasteiger partial charge in [-0.05, 0) is 60.6 Å². The summed E-state index contributed by atoms with van der Waals surface area (Å²) in [7, 11) is 0. The minimum absolute atomic E-state index is 0.139. The molecule has 2 heterocycles. The standard InChI is InChI=1S/C31H40N2O5/c1-5-17-38-26-12-11-25(20-22(26)4)29(34)27-28(24-9-7-23(8-10-24)21(2)3)33(31(36)30(27)35)14-6-13-32-15-18-37-19-16-32/h7-12,20-21,28,34H,5-6,13-19H2,1-4H3/t28-/m0/s1. The summed E-state index contributed by atoms with van der Waals surface area (Å²) in [5.74, 6) is -0.253. The maximum absolute atomic E-state index is 13.4. The van der Waals surface area contributed by atoms with Crippen molar-refractivity contribution in [1.82, 2.24) is 9.80 Å². The van der Waals surface area contributed by atoms with Gasteiger partial charge in [0.1, 0.15) is 11.5 Å². The highest BCUT2D eigenvalue weighted by Gasteiger charge is 2.45. The highest BCUT2D eigenvalue weighted by atomic mass is 16.5. The Morgan fingerprint density at radius 2 is 1.79 bits per heavy atom. The van der Waals surface area contributed by atoms with Crippen LogP contribution >= 0.6 is 0 Å². The van der Waals surface area contributed by atoms with E-state index in [9.17, 15) is 14.7 Å². The lowest BCUT2D eigenvalue weighted by molar-refractivity contribution is -0.140. The molecule has 7 heteroatoms. The van der Waals surface area contributed by atoms with Crippen LogP contribution in [0.1, 0.15) is 67.8 Å². The number of amides is 1. The number of benzene rings is 2. The van der Waals surface area contributed by atoms with Crippen LogP contribution in [0, 0.1) is 6.92 Å². The van der Waals surface area contributed by atoms with Crippen LogP contribution in [0.3, 0.4) is 0 Å². The van der Waals surface area contributed by atoms with Crippen molar-refractivity contribution in [3.8, 4) is 5.75 Å². The summed E-state index contributed by atoms with van der Waals surface area (Å²) in [4.78, 5) is 30.6. The molecule has 1 amide bonds. The number of Topliss-reactive ketones (excluding diaryl/α,β-unsaturated/α-hetero) is 1. The van der Waals surface area contributed by atoms with E-state index in [1.165, 1.54) is 5.56 Å². The Morgan fingerprint density at radius 1 is 1.08 bits per heavy atom. The first-order chi connectivity index (χ1) is 18.3. The lowest BCUT2D eigenvalue weighted by atomic mass is 9.93. The van der Waals surface area contributed by atoms with Crippen molar-refractivity contribution < 1.29 is 24.2 Å². The molecule has 7 nitrogen and oxygen atoms in total. The predicted octanol–water partition coefficient (Wildman–Crippen LogP) is 5.05. The van der Waals surface area contributed by atoms with Crippen LogP contribution in [-0.2, 0) is 14.3 Å². The number of hydrogen-bond donors (Lipinski definition) is 1. The maximum atomic E-state index is 13.4. The van der Waals surface area contributed by atoms with E-state index >= 15 is 0 Å². The molecule has 2 fully saturated rings. The first-order valence-electron chi connectivity index (χ1n) is 13.7. The van der Waals surface area contributed by atoms with Crippen LogP contribution in [0.15, 0.2) is 48.0 Å². The third kappa shape index (κ3) is 6.11. The average Bonchev–Trinajstić information content (AvgIpc) is 3.17. The van der Waals surface area contributed by atoms with Crippen LogP contribution in [0.4, 0.5) is 0 Å². The number of morpholine rings is 1. The van der Waals surface area contributed by atoms with E-state index in [2.05, 4.69) is 18.7 Å². The van der Waals surface area contributed by atoms with Gasteiger partial charge in [-0.15, -0.1) is 0 Å². The van der Waals surface area contributed by atoms with Crippen molar-refractivity contribution in [1.29, 1.82) is 0 Å². The van der Waals surface area contributed by atoms with Gasteiger partial charge in [0.15, 0.2) is 0 Å². The summed E-state index contributed by atoms with van der Waals surface area (Å²) in [5.41, 5.74) is 3.50. The van der Waals surface area contributed by atoms with Gasteiger partial charge in [0.2, 0.25) is 0 Å². The van der Waals surface area contributed by atoms with Gasteiger partial charge in [-0.2, -0.15) is 0 Å². The molecule has 204 valence electrons. The Labute approximate surface area is 226 Å². The van der Waals surface area contributed by atoms with Gasteiger partial charge in [0.25, 0.3) is 11.7 Å². The van der Waals surface area contributed by atoms with Gasteiger partial charge in [-0.25, -0.2) is 0 Å². The molecule has 38 heavy (non-hydrogen) atoms. The van der Waals surface area contributed by atoms with Crippen LogP contribution in [0.5, 0.6) is 5.75 Å². The van der Waals surface area contributed by atoms with E-state index in [-0.39, 0.29) is 11.3 Å². The topological polar surface area (TPSA) is 79.3 Å². The number of aryl methyl sites for hydroxylation is 1. The number of nitrogens with zero attached hydrogens (tertiary/aromatic N) is 2. The summed E-state index contributed by atoms with van der Waals surface area (Å²) in [6.45, 7) is 13.2. The predicted molar refractivity (Wildman–Crippen MR) is 148 cm³/mol. The third-order valence-electron chi connectivity index (χ3n) is 7.35. The average molecular weight is 521 g/mol. The van der Waals surface area contributed by atoms with Crippen LogP contribution in [0.25, 0.3) is 5.76 Å². The molecule has 0 radical (unpaired) electrons. The van der Waals surface area contributed by atoms with Gasteiger partial charge < -0.3 is 19.5 Å². The molecule has 0 aliphatic carbocycles. The largest absolute Gasteiger partial charge is 0.507 e. The molecular formula is C31H40N2O5. The molecule has 4 rings (SSSR count). The molecule has 0 spiro atoms. The van der Waals surface area contributed by atoms with E-state index in [4.69, 9.17) is 9.47 Å². The van der Waals surface area contributed by atoms with Gasteiger partial charge in [0, 0.05) is 31.7 Å². The van der Waals surface area contributed by atoms with Gasteiger partial charge >= 0.3 is 0 Å². The van der Waals surface area contributed by atoms with Gasteiger partial charge in [0.05, 0.1) is 31.4 Å². The van der Waals surface area contributed by atoms with Crippen molar-refractivity contribution in [2.45, 2.75) is 52.5 Å². The zero-order valence-corrected chi connectivity index (χ0v) is 23.0. The minimum atomic E-state index is -0.643. The molecule has 2 aromatic rings. The second-order valence-corrected chi connectivity index (χ2v) is 10.5. The van der Waals surface area contributed by atoms with E-state index < -0.39 is 17.7 Å². The number of hydrogen-bond acceptors (Lipinski definition) is 6. The monoisotopic (exact) mass is 520 g/mol. The van der Waals surface area contributed by atoms with Crippen LogP contribution in [-0.4, -0.2) is 72.6 Å². The second kappa shape index (κ2) is 12.6. The molecule has 1 atom stereocenters. The van der Waals surface area contributed by atoms with E-state index in [1.807, 2.05) is 50.2 Å². The van der Waals surface area contributed by atoms with Crippen molar-refractivity contribution in [3.05, 3.63) is 70.3 Å². The summed E-state index contributed by atoms with van der Waals surface area (Å²) in [5, 5.41) is 11.4. The molecule has 0 unspecified atom stereocenters. The number of aliphatic hydroxyl groups excluding tert-OH is 1. The molecule has 2 saturated heterocycles. The van der Waals surface area contributed by atoms with Crippen molar-refractivity contribution in [2.75, 3.05) is 46.0 Å². The van der Waals surface area contributed by atoms with E-state index in [0.29, 0.717) is 37.8 Å². The molecule has 2 aliphatic heterocycles. The molecule has 1 N–H and O–H groups in total. The summed E-state index contributed by atoms with van der Waals surface area (Å²) < 4.78 is 11.2. The Morgan fingerprint density at radius 3 is 2.42 bits per heavy atom. The second-order valence-electron chi connectivity index (χ2n) is 10.5. The Hall–Kier alpha value is -3.16. The van der Waals surface area contributed by atoms with Crippen molar-refractivity contribution >= 4 is 17.4 Å². The number of ketones is 1. The Bertz CT molecular complexity index is 1170. The fourth-order valence-corrected chi connectivity index (χ4v) is 5.14. The SMILES string of the molecule is CCCOc1ccc(C(O)=C2C(=O)C(=O)N(CCCN3CCOCC3)[C@H]2c2ccc(C(C)C)cc2)cc1C. The van der Waals surface area contributed by atoms with Crippen molar-refractivity contribution in [2.24, 2.45) is 0 Å². The smallest absolute Gasteiger partial charge is 0.295 e. The highest BCUT2D eigenvalue weighted by molar-refractivity contribution is 6.46. The van der Waals surface area contributed by atoms with Crippen LogP contribution in [0.2, 0.25) is 0 Å². The third-order valence-corrected chi connectivity index (χ3v) is 7.35. The lowest BCUT2D eigenvalue weighted by Gasteiger charge is -2.29. The van der Waals surface area contributed by atoms with E-state index in [1.54, 1.807) is 11.0 Å². The van der Waals surface area contributed by atoms with Gasteiger partial charge in [-0.1, -0.05) is 45.0 Å². The first kappa shape index (κ1) is 27.9. The minimum Gasteiger partial charge on any atom is -0.507 e. The van der Waals surface area contributed by atoms with E-state index in [0.717, 1.165) is 49.4 Å². The Balaban J connectivity index is 1.68. The summed E-state index contributed by atoms with van der Waals surface area (Å²) in [6.07, 6.45) is 1.63. The number of carbonyl (C=O) groups is 2. The first-order valence-corrected chi connectivity index (χ1v) is 13.7. The number of carbonyl (C=O) groups excluding carboxylic acids is 2. The fraction of sp³-hybridized carbons (Fsp3) is 0.484. The molecule has 0 bridgehead atoms. The quantitative estimate of drug-likeness (QED) is 0.268. The number of likely N-dealkylation sites (tertiary alicyclic amines) is 1. The molecule has 0 aromatic heterocycles. The van der Waals surface area contributed by atoms with Crippen LogP contribution < -0.4 is 4.74 Å². The van der Waals surface area contributed by atoms with Crippen molar-refractivity contribution in [3.63, 3.8) is 0 Å². The molecule has 0 saturated carbocycles. The lowest BCUT2D eigenvalue weighted by Crippen LogP contribution is -2.38. The highest BCUT2D eigenvalue weighted by Crippen LogP contribution is 2.40. The summed E-state index contributed by atoms with van der Waals surface area (Å²) in [6, 6.07) is 12.8. The zero-order valence-electron chi connectivity index (χ0n) is 23.0. The van der Waals surface area contributed by atoms with Gasteiger partial charge in [-0.3, -0.25) is 14.5 Å². The number of ether oxygens (including phenoxy) is 2. The Kier molecular flexibility index (Phi) is 9.23. The zero-order chi connectivity index (χ0) is 27.2. The number of rotatable bonds is 10.